The second-order valence-electron chi connectivity index (χ2n) is 4.41. The minimum absolute atomic E-state index is 0.834. The van der Waals surface area contributed by atoms with E-state index in [1.807, 2.05) is 0 Å². The Labute approximate surface area is 72.4 Å². The van der Waals surface area contributed by atoms with Crippen LogP contribution in [0.4, 0.5) is 0 Å². The van der Waals surface area contributed by atoms with Gasteiger partial charge in [0.1, 0.15) is 0 Å². The summed E-state index contributed by atoms with van der Waals surface area (Å²) in [5, 5.41) is 0. The first-order chi connectivity index (χ1) is 5.06. The lowest BCUT2D eigenvalue weighted by atomic mass is 9.88. The van der Waals surface area contributed by atoms with E-state index < -0.39 is 0 Å². The van der Waals surface area contributed by atoms with Crippen molar-refractivity contribution in [2.45, 2.75) is 47.0 Å². The maximum atomic E-state index is 3.99. The molecule has 67 valence electrons. The average Bonchev–Trinajstić information content (AvgIpc) is 1.84. The Kier molecular flexibility index (Phi) is 5.62. The maximum absolute atomic E-state index is 3.99. The molecule has 0 aliphatic heterocycles. The van der Waals surface area contributed by atoms with Crippen molar-refractivity contribution in [3.8, 4) is 0 Å². The van der Waals surface area contributed by atoms with Crippen molar-refractivity contribution in [1.82, 2.24) is 0 Å². The lowest BCUT2D eigenvalue weighted by Crippen LogP contribution is -2.06. The molecule has 0 N–H and O–H groups in total. The monoisotopic (exact) mass is 155 g/mol. The van der Waals surface area contributed by atoms with E-state index in [-0.39, 0.29) is 0 Å². The molecule has 0 atom stereocenters. The van der Waals surface area contributed by atoms with E-state index in [0.29, 0.717) is 0 Å². The zero-order valence-corrected chi connectivity index (χ0v) is 8.56. The van der Waals surface area contributed by atoms with Crippen molar-refractivity contribution >= 4 is 0 Å². The molecule has 0 nitrogen and oxygen atoms in total. The van der Waals surface area contributed by atoms with Crippen molar-refractivity contribution in [3.63, 3.8) is 0 Å². The van der Waals surface area contributed by atoms with E-state index >= 15 is 0 Å². The first-order valence-corrected chi connectivity index (χ1v) is 4.85. The molecule has 1 radical (unpaired) electrons. The summed E-state index contributed by atoms with van der Waals surface area (Å²) in [6, 6.07) is 0. The van der Waals surface area contributed by atoms with E-state index in [4.69, 9.17) is 0 Å². The molecule has 0 bridgehead atoms. The summed E-state index contributed by atoms with van der Waals surface area (Å²) in [5.74, 6) is 2.52. The summed E-state index contributed by atoms with van der Waals surface area (Å²) < 4.78 is 0. The van der Waals surface area contributed by atoms with Crippen LogP contribution >= 0.6 is 0 Å². The summed E-state index contributed by atoms with van der Waals surface area (Å²) in [5.41, 5.74) is 0. The first-order valence-electron chi connectivity index (χ1n) is 4.85. The molecule has 0 aromatic heterocycles. The van der Waals surface area contributed by atoms with Crippen molar-refractivity contribution in [3.05, 3.63) is 6.92 Å². The summed E-state index contributed by atoms with van der Waals surface area (Å²) in [7, 11) is 0. The molecule has 0 rings (SSSR count). The van der Waals surface area contributed by atoms with Gasteiger partial charge in [0.2, 0.25) is 0 Å². The number of hydrogen-bond donors (Lipinski definition) is 0. The number of rotatable bonds is 5. The van der Waals surface area contributed by atoms with Crippen LogP contribution < -0.4 is 0 Å². The molecule has 0 aliphatic carbocycles. The van der Waals surface area contributed by atoms with E-state index in [2.05, 4.69) is 34.6 Å². The molecule has 0 heteroatoms. The predicted octanol–water partition coefficient (Wildman–Crippen LogP) is 3.92. The maximum Gasteiger partial charge on any atom is -0.0409 e. The highest BCUT2D eigenvalue weighted by Crippen LogP contribution is 2.22. The zero-order chi connectivity index (χ0) is 8.85. The zero-order valence-electron chi connectivity index (χ0n) is 8.56. The Bertz CT molecular complexity index is 72.0. The van der Waals surface area contributed by atoms with Gasteiger partial charge in [-0.25, -0.2) is 0 Å². The molecule has 0 heterocycles. The van der Waals surface area contributed by atoms with E-state index in [9.17, 15) is 0 Å². The largest absolute Gasteiger partial charge is 0.0628 e. The molecule has 0 saturated heterocycles. The SMILES string of the molecule is [CH2]CC(CC(C)C)CC(C)C. The Morgan fingerprint density at radius 1 is 0.909 bits per heavy atom. The molecule has 0 unspecified atom stereocenters. The van der Waals surface area contributed by atoms with Gasteiger partial charge >= 0.3 is 0 Å². The van der Waals surface area contributed by atoms with Crippen molar-refractivity contribution in [2.75, 3.05) is 0 Å². The van der Waals surface area contributed by atoms with Crippen LogP contribution in [0.2, 0.25) is 0 Å². The van der Waals surface area contributed by atoms with Crippen LogP contribution in [0.5, 0.6) is 0 Å². The lowest BCUT2D eigenvalue weighted by Gasteiger charge is -2.18. The van der Waals surface area contributed by atoms with E-state index in [1.54, 1.807) is 0 Å². The van der Waals surface area contributed by atoms with Gasteiger partial charge in [0.25, 0.3) is 0 Å². The van der Waals surface area contributed by atoms with E-state index in [1.165, 1.54) is 12.8 Å². The van der Waals surface area contributed by atoms with Crippen molar-refractivity contribution in [1.29, 1.82) is 0 Å². The molecule has 0 amide bonds. The van der Waals surface area contributed by atoms with Gasteiger partial charge in [0, 0.05) is 0 Å². The summed E-state index contributed by atoms with van der Waals surface area (Å²) in [4.78, 5) is 0. The van der Waals surface area contributed by atoms with Crippen LogP contribution in [0, 0.1) is 24.7 Å². The highest BCUT2D eigenvalue weighted by atomic mass is 14.2. The van der Waals surface area contributed by atoms with Gasteiger partial charge in [-0.05, 0) is 30.6 Å². The lowest BCUT2D eigenvalue weighted by molar-refractivity contribution is 0.345. The fourth-order valence-electron chi connectivity index (χ4n) is 1.67. The third kappa shape index (κ3) is 6.40. The summed E-state index contributed by atoms with van der Waals surface area (Å²) in [6.45, 7) is 13.2. The first kappa shape index (κ1) is 11.0. The Balaban J connectivity index is 3.58. The average molecular weight is 155 g/mol. The second kappa shape index (κ2) is 5.62. The Morgan fingerprint density at radius 2 is 1.27 bits per heavy atom. The topological polar surface area (TPSA) is 0 Å². The smallest absolute Gasteiger partial charge is 0.0409 e. The summed E-state index contributed by atoms with van der Waals surface area (Å²) in [6.07, 6.45) is 3.81. The van der Waals surface area contributed by atoms with Gasteiger partial charge in [-0.3, -0.25) is 0 Å². The third-order valence-corrected chi connectivity index (χ3v) is 2.02. The van der Waals surface area contributed by atoms with Gasteiger partial charge in [0.15, 0.2) is 0 Å². The second-order valence-corrected chi connectivity index (χ2v) is 4.41. The van der Waals surface area contributed by atoms with Gasteiger partial charge in [-0.2, -0.15) is 0 Å². The van der Waals surface area contributed by atoms with Crippen LogP contribution in [0.25, 0.3) is 0 Å². The molecule has 11 heavy (non-hydrogen) atoms. The number of hydrogen-bond acceptors (Lipinski definition) is 0. The standard InChI is InChI=1S/C11H23/c1-6-11(7-9(2)3)8-10(4)5/h9-11H,1,6-8H2,2-5H3. The Morgan fingerprint density at radius 3 is 1.45 bits per heavy atom. The summed E-state index contributed by atoms with van der Waals surface area (Å²) >= 11 is 0. The molecular formula is C11H23. The van der Waals surface area contributed by atoms with Crippen LogP contribution in [-0.4, -0.2) is 0 Å². The van der Waals surface area contributed by atoms with Gasteiger partial charge in [-0.15, -0.1) is 0 Å². The van der Waals surface area contributed by atoms with Crippen LogP contribution in [0.15, 0.2) is 0 Å². The van der Waals surface area contributed by atoms with Crippen LogP contribution in [0.1, 0.15) is 47.0 Å². The molecule has 0 spiro atoms. The normalized spacial score (nSPS) is 12.0. The predicted molar refractivity (Wildman–Crippen MR) is 52.4 cm³/mol. The molecule has 0 fully saturated rings. The van der Waals surface area contributed by atoms with Crippen LogP contribution in [0.3, 0.4) is 0 Å². The Hall–Kier alpha value is 0. The molecule has 0 aromatic rings. The van der Waals surface area contributed by atoms with Gasteiger partial charge in [0.05, 0.1) is 0 Å². The molecule has 0 aliphatic rings. The molecule has 0 saturated carbocycles. The molecular weight excluding hydrogens is 132 g/mol. The third-order valence-electron chi connectivity index (χ3n) is 2.02. The highest BCUT2D eigenvalue weighted by Gasteiger charge is 2.09. The van der Waals surface area contributed by atoms with Crippen LogP contribution in [-0.2, 0) is 0 Å². The minimum Gasteiger partial charge on any atom is -0.0628 e. The highest BCUT2D eigenvalue weighted by molar-refractivity contribution is 4.64. The quantitative estimate of drug-likeness (QED) is 0.564. The van der Waals surface area contributed by atoms with Crippen molar-refractivity contribution < 1.29 is 0 Å². The minimum atomic E-state index is 0.834. The van der Waals surface area contributed by atoms with Crippen molar-refractivity contribution in [2.24, 2.45) is 17.8 Å². The van der Waals surface area contributed by atoms with E-state index in [0.717, 1.165) is 24.2 Å². The van der Waals surface area contributed by atoms with Gasteiger partial charge in [-0.1, -0.05) is 41.0 Å². The molecule has 0 aromatic carbocycles. The fourth-order valence-corrected chi connectivity index (χ4v) is 1.67. The van der Waals surface area contributed by atoms with Gasteiger partial charge < -0.3 is 0 Å². The fraction of sp³-hybridized carbons (Fsp3) is 0.909.